The van der Waals surface area contributed by atoms with Crippen LogP contribution in [0.25, 0.3) is 143 Å². The van der Waals surface area contributed by atoms with Gasteiger partial charge in [-0.05, 0) is 201 Å². The highest BCUT2D eigenvalue weighted by Crippen LogP contribution is 2.67. The molecule has 0 atom stereocenters. The van der Waals surface area contributed by atoms with Crippen molar-refractivity contribution in [1.29, 1.82) is 0 Å². The zero-order valence-electron chi connectivity index (χ0n) is 48.9. The van der Waals surface area contributed by atoms with Crippen molar-refractivity contribution in [2.45, 2.75) is 10.8 Å². The number of nitrogens with zero attached hydrogens (tertiary/aromatic N) is 2. The lowest BCUT2D eigenvalue weighted by Gasteiger charge is -2.32. The summed E-state index contributed by atoms with van der Waals surface area (Å²) in [5, 5.41) is 10.1. The molecule has 14 aromatic carbocycles. The summed E-state index contributed by atoms with van der Waals surface area (Å²) in [5.74, 6) is 0. The molecule has 0 radical (unpaired) electrons. The third-order valence-corrected chi connectivity index (χ3v) is 20.8. The topological polar surface area (TPSA) is 25.8 Å². The number of pyridine rings is 2. The zero-order valence-corrected chi connectivity index (χ0v) is 48.9. The average molecular weight is 1140 g/mol. The fourth-order valence-corrected chi connectivity index (χ4v) is 17.2. The van der Waals surface area contributed by atoms with Crippen LogP contribution in [0.3, 0.4) is 0 Å². The number of hydrogen-bond acceptors (Lipinski definition) is 2. The Balaban J connectivity index is 0.660. The van der Waals surface area contributed by atoms with Crippen LogP contribution in [0.1, 0.15) is 44.5 Å². The van der Waals surface area contributed by atoms with Gasteiger partial charge in [0.05, 0.1) is 16.5 Å². The lowest BCUT2D eigenvalue weighted by Crippen LogP contribution is -2.26. The molecule has 90 heavy (non-hydrogen) atoms. The van der Waals surface area contributed by atoms with Crippen LogP contribution in [-0.4, -0.2) is 9.97 Å². The van der Waals surface area contributed by atoms with Gasteiger partial charge in [0.15, 0.2) is 0 Å². The Morgan fingerprint density at radius 2 is 0.578 bits per heavy atom. The molecule has 0 fully saturated rings. The van der Waals surface area contributed by atoms with Crippen LogP contribution in [0.5, 0.6) is 0 Å². The van der Waals surface area contributed by atoms with Gasteiger partial charge in [0.1, 0.15) is 0 Å². The van der Waals surface area contributed by atoms with Crippen molar-refractivity contribution in [3.8, 4) is 100 Å². The molecule has 0 N–H and O–H groups in total. The van der Waals surface area contributed by atoms with Gasteiger partial charge in [-0.2, -0.15) is 0 Å². The first-order valence-corrected chi connectivity index (χ1v) is 31.3. The van der Waals surface area contributed by atoms with Crippen molar-refractivity contribution in [2.24, 2.45) is 0 Å². The lowest BCUT2D eigenvalue weighted by molar-refractivity contribution is 0.809. The molecule has 4 aliphatic carbocycles. The highest BCUT2D eigenvalue weighted by molar-refractivity contribution is 6.13. The first-order chi connectivity index (χ1) is 44.6. The van der Waals surface area contributed by atoms with E-state index in [0.29, 0.717) is 0 Å². The summed E-state index contributed by atoms with van der Waals surface area (Å²) in [6, 6.07) is 112. The monoisotopic (exact) mass is 1140 g/mol. The summed E-state index contributed by atoms with van der Waals surface area (Å²) >= 11 is 0. The van der Waals surface area contributed by atoms with Gasteiger partial charge >= 0.3 is 0 Å². The third-order valence-electron chi connectivity index (χ3n) is 20.8. The van der Waals surface area contributed by atoms with E-state index in [9.17, 15) is 0 Å². The maximum absolute atomic E-state index is 5.23. The molecule has 0 amide bonds. The van der Waals surface area contributed by atoms with E-state index in [0.717, 1.165) is 16.8 Å². The van der Waals surface area contributed by atoms with E-state index >= 15 is 0 Å². The first-order valence-electron chi connectivity index (χ1n) is 31.3. The molecular formula is C88H52N2. The summed E-state index contributed by atoms with van der Waals surface area (Å²) < 4.78 is 0. The molecule has 4 aliphatic rings. The quantitative estimate of drug-likeness (QED) is 0.172. The normalized spacial score (nSPS) is 13.7. The first kappa shape index (κ1) is 49.5. The van der Waals surface area contributed by atoms with Crippen LogP contribution in [0, 0.1) is 0 Å². The molecule has 0 saturated heterocycles. The average Bonchev–Trinajstić information content (AvgIpc) is 1.51. The summed E-state index contributed by atoms with van der Waals surface area (Å²) in [4.78, 5) is 9.46. The standard InChI is InChI=1S/C88H52N2/c1-2-13-65-57(12-1)32-40-74-75-41-35-61-51-60(34-38-66(61)84(75)87(83(65)74)78-20-7-3-14-69(78)70-15-4-8-21-79(70)87)55-28-30-58(31-29-55)82-45-37-63(52-90-82)64-18-11-19-73-68(64)43-44-77-76-42-36-62-50-59(54-26-24-53(25-27-54)56-46-48-89-49-47-56)33-39-67(62)85(76)88(86(73)77)80-22-9-5-16-71(80)72-17-6-10-23-81(72)88/h1-52H. The van der Waals surface area contributed by atoms with Crippen molar-refractivity contribution in [3.63, 3.8) is 0 Å². The van der Waals surface area contributed by atoms with E-state index < -0.39 is 10.8 Å². The van der Waals surface area contributed by atoms with Gasteiger partial charge in [-0.25, -0.2) is 0 Å². The van der Waals surface area contributed by atoms with Crippen molar-refractivity contribution in [3.05, 3.63) is 360 Å². The largest absolute Gasteiger partial charge is 0.265 e. The molecule has 2 aromatic heterocycles. The van der Waals surface area contributed by atoms with Crippen molar-refractivity contribution < 1.29 is 0 Å². The van der Waals surface area contributed by atoms with Crippen molar-refractivity contribution in [1.82, 2.24) is 9.97 Å². The summed E-state index contributed by atoms with van der Waals surface area (Å²) in [5.41, 5.74) is 31.8. The maximum Gasteiger partial charge on any atom is 0.0737 e. The molecule has 2 nitrogen and oxygen atoms in total. The summed E-state index contributed by atoms with van der Waals surface area (Å²) in [6.45, 7) is 0. The van der Waals surface area contributed by atoms with Crippen LogP contribution in [-0.2, 0) is 10.8 Å². The molecule has 16 aromatic rings. The zero-order chi connectivity index (χ0) is 58.8. The highest BCUT2D eigenvalue weighted by Gasteiger charge is 2.55. The Morgan fingerprint density at radius 3 is 1.09 bits per heavy atom. The number of benzene rings is 14. The molecule has 0 bridgehead atoms. The second-order valence-corrected chi connectivity index (χ2v) is 25.0. The second kappa shape index (κ2) is 18.5. The second-order valence-electron chi connectivity index (χ2n) is 25.0. The maximum atomic E-state index is 5.23. The molecule has 0 aliphatic heterocycles. The minimum atomic E-state index is -0.551. The summed E-state index contributed by atoms with van der Waals surface area (Å²) in [6.07, 6.45) is 5.78. The SMILES string of the molecule is c1ccc2c(c1)-c1ccccc1C21c2c(ccc3ccccc23)-c2ccc3cc(-c4ccc(-c5ccc(-c6cccc7c8c(ccc67)-c6ccc7cc(-c9ccc(-c%10ccncc%10)cc9)ccc7c6C86c7ccccc7-c7ccccc76)cn5)cc4)ccc3c21. The minimum absolute atomic E-state index is 0.457. The van der Waals surface area contributed by atoms with E-state index in [2.05, 4.69) is 308 Å². The molecule has 0 unspecified atom stereocenters. The molecule has 2 heteroatoms. The molecule has 2 heterocycles. The van der Waals surface area contributed by atoms with Gasteiger partial charge < -0.3 is 0 Å². The van der Waals surface area contributed by atoms with E-state index in [1.165, 1.54) is 171 Å². The number of rotatable bonds is 5. The van der Waals surface area contributed by atoms with Crippen LogP contribution in [0.15, 0.2) is 316 Å². The summed E-state index contributed by atoms with van der Waals surface area (Å²) in [7, 11) is 0. The highest BCUT2D eigenvalue weighted by atomic mass is 14.7. The Kier molecular flexibility index (Phi) is 10.2. The van der Waals surface area contributed by atoms with Crippen LogP contribution in [0.4, 0.5) is 0 Å². The van der Waals surface area contributed by atoms with Crippen LogP contribution < -0.4 is 0 Å². The predicted octanol–water partition coefficient (Wildman–Crippen LogP) is 22.1. The van der Waals surface area contributed by atoms with E-state index in [-0.39, 0.29) is 0 Å². The molecule has 2 spiro atoms. The third kappa shape index (κ3) is 6.56. The molecule has 20 rings (SSSR count). The fraction of sp³-hybridized carbons (Fsp3) is 0.0227. The van der Waals surface area contributed by atoms with Gasteiger partial charge in [0.2, 0.25) is 0 Å². The van der Waals surface area contributed by atoms with Gasteiger partial charge in [-0.1, -0.05) is 267 Å². The predicted molar refractivity (Wildman–Crippen MR) is 372 cm³/mol. The minimum Gasteiger partial charge on any atom is -0.265 e. The van der Waals surface area contributed by atoms with Crippen LogP contribution >= 0.6 is 0 Å². The Hall–Kier alpha value is -11.6. The Labute approximate surface area is 521 Å². The van der Waals surface area contributed by atoms with Gasteiger partial charge in [0, 0.05) is 29.7 Å². The van der Waals surface area contributed by atoms with Crippen LogP contribution in [0.2, 0.25) is 0 Å². The molecule has 0 saturated carbocycles. The number of hydrogen-bond donors (Lipinski definition) is 0. The van der Waals surface area contributed by atoms with Gasteiger partial charge in [0.25, 0.3) is 0 Å². The Bertz CT molecular complexity index is 5670. The molecular weight excluding hydrogens is 1080 g/mol. The van der Waals surface area contributed by atoms with Crippen molar-refractivity contribution >= 4 is 43.1 Å². The van der Waals surface area contributed by atoms with E-state index in [1.54, 1.807) is 0 Å². The molecule has 414 valence electrons. The van der Waals surface area contributed by atoms with E-state index in [1.807, 2.05) is 12.4 Å². The Morgan fingerprint density at radius 1 is 0.211 bits per heavy atom. The van der Waals surface area contributed by atoms with E-state index in [4.69, 9.17) is 4.98 Å². The van der Waals surface area contributed by atoms with Gasteiger partial charge in [-0.15, -0.1) is 0 Å². The fourth-order valence-electron chi connectivity index (χ4n) is 17.2. The smallest absolute Gasteiger partial charge is 0.0737 e. The van der Waals surface area contributed by atoms with Crippen molar-refractivity contribution in [2.75, 3.05) is 0 Å². The lowest BCUT2D eigenvalue weighted by atomic mass is 9.68. The van der Waals surface area contributed by atoms with Gasteiger partial charge in [-0.3, -0.25) is 9.97 Å². The number of fused-ring (bicyclic) bond motifs is 28. The number of aromatic nitrogens is 2.